The number of aromatic nitrogens is 4. The van der Waals surface area contributed by atoms with Gasteiger partial charge in [-0.3, -0.25) is 0 Å². The van der Waals surface area contributed by atoms with Crippen LogP contribution in [0.5, 0.6) is 0 Å². The van der Waals surface area contributed by atoms with Crippen LogP contribution in [0.1, 0.15) is 30.0 Å². The van der Waals surface area contributed by atoms with Crippen LogP contribution < -0.4 is 10.6 Å². The van der Waals surface area contributed by atoms with Gasteiger partial charge in [-0.15, -0.1) is 0 Å². The highest BCUT2D eigenvalue weighted by atomic mass is 16.5. The van der Waals surface area contributed by atoms with Gasteiger partial charge in [-0.1, -0.05) is 12.1 Å². The van der Waals surface area contributed by atoms with Crippen molar-refractivity contribution in [1.82, 2.24) is 20.1 Å². The molecule has 0 bridgehead atoms. The molecule has 19 heavy (non-hydrogen) atoms. The maximum absolute atomic E-state index is 4.93. The van der Waals surface area contributed by atoms with Crippen molar-refractivity contribution in [3.05, 3.63) is 23.1 Å². The molecule has 0 radical (unpaired) electrons. The van der Waals surface area contributed by atoms with Gasteiger partial charge < -0.3 is 15.2 Å². The Balaban J connectivity index is 2.19. The second kappa shape index (κ2) is 5.64. The van der Waals surface area contributed by atoms with Gasteiger partial charge in [0.05, 0.1) is 6.54 Å². The average molecular weight is 262 g/mol. The van der Waals surface area contributed by atoms with Crippen molar-refractivity contribution in [2.75, 3.05) is 17.7 Å². The van der Waals surface area contributed by atoms with Crippen molar-refractivity contribution in [3.8, 4) is 0 Å². The molecule has 7 heteroatoms. The highest BCUT2D eigenvalue weighted by molar-refractivity contribution is 5.56. The Kier molecular flexibility index (Phi) is 3.94. The van der Waals surface area contributed by atoms with E-state index >= 15 is 0 Å². The number of nitrogens with one attached hydrogen (secondary N) is 2. The summed E-state index contributed by atoms with van der Waals surface area (Å²) < 4.78 is 4.93. The summed E-state index contributed by atoms with van der Waals surface area (Å²) in [6.45, 7) is 6.23. The number of anilines is 2. The summed E-state index contributed by atoms with van der Waals surface area (Å²) in [7, 11) is 1.85. The maximum Gasteiger partial charge on any atom is 0.223 e. The Morgan fingerprint density at radius 2 is 1.79 bits per heavy atom. The summed E-state index contributed by atoms with van der Waals surface area (Å²) in [5.74, 6) is 3.58. The Hall–Kier alpha value is -2.18. The molecule has 2 rings (SSSR count). The number of hydrogen-bond donors (Lipinski definition) is 2. The van der Waals surface area contributed by atoms with Gasteiger partial charge in [0, 0.05) is 26.0 Å². The summed E-state index contributed by atoms with van der Waals surface area (Å²) in [5.41, 5.74) is 0.972. The van der Waals surface area contributed by atoms with E-state index in [1.165, 1.54) is 0 Å². The molecule has 0 aliphatic rings. The van der Waals surface area contributed by atoms with Crippen LogP contribution in [-0.2, 0) is 13.0 Å². The molecule has 2 aromatic rings. The fourth-order valence-electron chi connectivity index (χ4n) is 1.71. The van der Waals surface area contributed by atoms with E-state index < -0.39 is 0 Å². The first-order valence-electron chi connectivity index (χ1n) is 6.22. The van der Waals surface area contributed by atoms with E-state index in [2.05, 4.69) is 30.7 Å². The SMILES string of the molecule is CCc1nc(NC)c(C)c(NCc2noc(C)n2)n1. The third kappa shape index (κ3) is 2.98. The molecule has 102 valence electrons. The van der Waals surface area contributed by atoms with E-state index in [0.29, 0.717) is 18.3 Å². The van der Waals surface area contributed by atoms with Crippen LogP contribution in [0.25, 0.3) is 0 Å². The van der Waals surface area contributed by atoms with Crippen molar-refractivity contribution in [2.24, 2.45) is 0 Å². The molecular weight excluding hydrogens is 244 g/mol. The molecule has 2 aromatic heterocycles. The van der Waals surface area contributed by atoms with Crippen LogP contribution in [0.2, 0.25) is 0 Å². The van der Waals surface area contributed by atoms with Crippen molar-refractivity contribution in [2.45, 2.75) is 33.7 Å². The largest absolute Gasteiger partial charge is 0.373 e. The lowest BCUT2D eigenvalue weighted by Crippen LogP contribution is -2.10. The van der Waals surface area contributed by atoms with Crippen LogP contribution in [0.3, 0.4) is 0 Å². The second-order valence-corrected chi connectivity index (χ2v) is 4.15. The lowest BCUT2D eigenvalue weighted by Gasteiger charge is -2.12. The lowest BCUT2D eigenvalue weighted by atomic mass is 10.3. The Bertz CT molecular complexity index is 565. The predicted molar refractivity (Wildman–Crippen MR) is 72.1 cm³/mol. The van der Waals surface area contributed by atoms with Gasteiger partial charge in [0.15, 0.2) is 5.82 Å². The molecule has 0 fully saturated rings. The first kappa shape index (κ1) is 13.3. The quantitative estimate of drug-likeness (QED) is 0.847. The molecule has 2 heterocycles. The summed E-state index contributed by atoms with van der Waals surface area (Å²) in [6.07, 6.45) is 0.783. The lowest BCUT2D eigenvalue weighted by molar-refractivity contribution is 0.388. The molecule has 0 saturated carbocycles. The van der Waals surface area contributed by atoms with Crippen LogP contribution >= 0.6 is 0 Å². The fraction of sp³-hybridized carbons (Fsp3) is 0.500. The molecule has 0 aliphatic carbocycles. The van der Waals surface area contributed by atoms with Crippen LogP contribution in [0.15, 0.2) is 4.52 Å². The normalized spacial score (nSPS) is 10.5. The van der Waals surface area contributed by atoms with E-state index in [-0.39, 0.29) is 0 Å². The standard InChI is InChI=1S/C12H18N6O/c1-5-9-16-11(13-4)7(2)12(17-9)14-6-10-15-8(3)19-18-10/h5-6H2,1-4H3,(H2,13,14,16,17). The van der Waals surface area contributed by atoms with Crippen molar-refractivity contribution < 1.29 is 4.52 Å². The van der Waals surface area contributed by atoms with Crippen molar-refractivity contribution >= 4 is 11.6 Å². The van der Waals surface area contributed by atoms with Crippen LogP contribution in [0, 0.1) is 13.8 Å². The van der Waals surface area contributed by atoms with E-state index in [0.717, 1.165) is 29.4 Å². The Morgan fingerprint density at radius 1 is 1.05 bits per heavy atom. The van der Waals surface area contributed by atoms with Crippen molar-refractivity contribution in [3.63, 3.8) is 0 Å². The van der Waals surface area contributed by atoms with Gasteiger partial charge >= 0.3 is 0 Å². The van der Waals surface area contributed by atoms with Gasteiger partial charge in [-0.2, -0.15) is 4.98 Å². The second-order valence-electron chi connectivity index (χ2n) is 4.15. The first-order chi connectivity index (χ1) is 9.13. The maximum atomic E-state index is 4.93. The van der Waals surface area contributed by atoms with E-state index in [9.17, 15) is 0 Å². The molecule has 0 saturated heterocycles. The van der Waals surface area contributed by atoms with Gasteiger partial charge in [0.2, 0.25) is 5.89 Å². The van der Waals surface area contributed by atoms with E-state index in [1.54, 1.807) is 6.92 Å². The van der Waals surface area contributed by atoms with Crippen molar-refractivity contribution in [1.29, 1.82) is 0 Å². The Labute approximate surface area is 111 Å². The third-order valence-corrected chi connectivity index (χ3v) is 2.73. The number of rotatable bonds is 5. The number of hydrogen-bond acceptors (Lipinski definition) is 7. The number of nitrogens with zero attached hydrogens (tertiary/aromatic N) is 4. The molecule has 0 amide bonds. The smallest absolute Gasteiger partial charge is 0.223 e. The first-order valence-corrected chi connectivity index (χ1v) is 6.22. The zero-order valence-electron chi connectivity index (χ0n) is 11.6. The molecule has 0 atom stereocenters. The predicted octanol–water partition coefficient (Wildman–Crippen LogP) is 1.69. The summed E-state index contributed by atoms with van der Waals surface area (Å²) in [6, 6.07) is 0. The molecule has 2 N–H and O–H groups in total. The van der Waals surface area contributed by atoms with Crippen LogP contribution in [-0.4, -0.2) is 27.2 Å². The zero-order valence-corrected chi connectivity index (χ0v) is 11.6. The number of aryl methyl sites for hydroxylation is 2. The minimum absolute atomic E-state index is 0.474. The van der Waals surface area contributed by atoms with Gasteiger partial charge in [0.1, 0.15) is 17.5 Å². The van der Waals surface area contributed by atoms with Crippen LogP contribution in [0.4, 0.5) is 11.6 Å². The molecule has 0 spiro atoms. The summed E-state index contributed by atoms with van der Waals surface area (Å²) in [4.78, 5) is 13.0. The average Bonchev–Trinajstić information content (AvgIpc) is 2.83. The third-order valence-electron chi connectivity index (χ3n) is 2.73. The molecular formula is C12H18N6O. The minimum Gasteiger partial charge on any atom is -0.373 e. The monoisotopic (exact) mass is 262 g/mol. The summed E-state index contributed by atoms with van der Waals surface area (Å²) >= 11 is 0. The highest BCUT2D eigenvalue weighted by Gasteiger charge is 2.10. The minimum atomic E-state index is 0.474. The van der Waals surface area contributed by atoms with Gasteiger partial charge in [0.25, 0.3) is 0 Å². The van der Waals surface area contributed by atoms with E-state index in [1.807, 2.05) is 20.9 Å². The fourth-order valence-corrected chi connectivity index (χ4v) is 1.71. The van der Waals surface area contributed by atoms with Gasteiger partial charge in [-0.25, -0.2) is 9.97 Å². The summed E-state index contributed by atoms with van der Waals surface area (Å²) in [5, 5.41) is 10.1. The van der Waals surface area contributed by atoms with E-state index in [4.69, 9.17) is 4.52 Å². The molecule has 7 nitrogen and oxygen atoms in total. The Morgan fingerprint density at radius 3 is 2.37 bits per heavy atom. The molecule has 0 aromatic carbocycles. The zero-order chi connectivity index (χ0) is 13.8. The molecule has 0 unspecified atom stereocenters. The molecule has 0 aliphatic heterocycles. The highest BCUT2D eigenvalue weighted by Crippen LogP contribution is 2.20. The van der Waals surface area contributed by atoms with Gasteiger partial charge in [-0.05, 0) is 6.92 Å². The topological polar surface area (TPSA) is 88.8 Å².